The van der Waals surface area contributed by atoms with Gasteiger partial charge in [-0.1, -0.05) is 31.1 Å². The Hall–Kier alpha value is -2.74. The number of hydrogen-bond donors (Lipinski definition) is 1. The van der Waals surface area contributed by atoms with E-state index in [0.717, 1.165) is 5.69 Å². The van der Waals surface area contributed by atoms with Crippen LogP contribution in [-0.4, -0.2) is 35.6 Å². The van der Waals surface area contributed by atoms with Gasteiger partial charge in [0, 0.05) is 25.8 Å². The minimum atomic E-state index is -0.399. The lowest BCUT2D eigenvalue weighted by atomic mass is 10.0. The van der Waals surface area contributed by atoms with Crippen molar-refractivity contribution in [3.05, 3.63) is 41.5 Å². The molecule has 1 aromatic heterocycles. The van der Waals surface area contributed by atoms with Gasteiger partial charge in [-0.25, -0.2) is 0 Å². The first-order valence-electron chi connectivity index (χ1n) is 8.96. The van der Waals surface area contributed by atoms with Gasteiger partial charge in [-0.2, -0.15) is 4.98 Å². The predicted octanol–water partition coefficient (Wildman–Crippen LogP) is 2.01. The van der Waals surface area contributed by atoms with Crippen molar-refractivity contribution in [2.75, 3.05) is 18.6 Å². The molecule has 2 aromatic rings. The summed E-state index contributed by atoms with van der Waals surface area (Å²) in [6.07, 6.45) is 0.191. The van der Waals surface area contributed by atoms with Crippen molar-refractivity contribution < 1.29 is 18.8 Å². The van der Waals surface area contributed by atoms with Gasteiger partial charge in [-0.05, 0) is 23.6 Å². The summed E-state index contributed by atoms with van der Waals surface area (Å²) >= 11 is 0. The number of carbonyl (C=O) groups is 2. The second-order valence-corrected chi connectivity index (χ2v) is 6.91. The SMILES string of the molecule is COCc1noc(CNC(=O)[C@@H]2CC(=O)N(c3ccc(C(C)C)cc3)C2)n1. The number of aromatic nitrogens is 2. The van der Waals surface area contributed by atoms with E-state index in [1.54, 1.807) is 4.90 Å². The predicted molar refractivity (Wildman–Crippen MR) is 97.8 cm³/mol. The molecule has 1 aliphatic rings. The molecule has 0 radical (unpaired) electrons. The molecule has 3 rings (SSSR count). The number of nitrogens with one attached hydrogen (secondary N) is 1. The van der Waals surface area contributed by atoms with E-state index in [1.165, 1.54) is 12.7 Å². The molecule has 1 fully saturated rings. The zero-order valence-corrected chi connectivity index (χ0v) is 15.8. The molecule has 1 N–H and O–H groups in total. The van der Waals surface area contributed by atoms with Crippen LogP contribution in [0.4, 0.5) is 5.69 Å². The van der Waals surface area contributed by atoms with Crippen molar-refractivity contribution in [1.82, 2.24) is 15.5 Å². The van der Waals surface area contributed by atoms with E-state index in [-0.39, 0.29) is 31.4 Å². The van der Waals surface area contributed by atoms with Crippen molar-refractivity contribution in [1.29, 1.82) is 0 Å². The number of anilines is 1. The zero-order valence-electron chi connectivity index (χ0n) is 15.8. The highest BCUT2D eigenvalue weighted by molar-refractivity contribution is 6.00. The second-order valence-electron chi connectivity index (χ2n) is 6.91. The number of benzene rings is 1. The van der Waals surface area contributed by atoms with E-state index in [0.29, 0.717) is 24.2 Å². The normalized spacial score (nSPS) is 17.0. The van der Waals surface area contributed by atoms with Gasteiger partial charge in [-0.3, -0.25) is 9.59 Å². The van der Waals surface area contributed by atoms with Gasteiger partial charge in [0.1, 0.15) is 6.61 Å². The van der Waals surface area contributed by atoms with Crippen molar-refractivity contribution >= 4 is 17.5 Å². The molecule has 2 amide bonds. The van der Waals surface area contributed by atoms with Gasteiger partial charge in [0.05, 0.1) is 12.5 Å². The third-order valence-electron chi connectivity index (χ3n) is 4.56. The maximum Gasteiger partial charge on any atom is 0.246 e. The summed E-state index contributed by atoms with van der Waals surface area (Å²) in [7, 11) is 1.54. The standard InChI is InChI=1S/C19H24N4O4/c1-12(2)13-4-6-15(7-5-13)23-10-14(8-18(23)24)19(25)20-9-17-21-16(11-26-3)22-27-17/h4-7,12,14H,8-11H2,1-3H3,(H,20,25)/t14-/m1/s1. The highest BCUT2D eigenvalue weighted by Crippen LogP contribution is 2.27. The average molecular weight is 372 g/mol. The van der Waals surface area contributed by atoms with E-state index in [1.807, 2.05) is 24.3 Å². The summed E-state index contributed by atoms with van der Waals surface area (Å²) in [6, 6.07) is 7.91. The number of rotatable bonds is 7. The minimum Gasteiger partial charge on any atom is -0.377 e. The molecule has 144 valence electrons. The van der Waals surface area contributed by atoms with E-state index < -0.39 is 5.92 Å². The Morgan fingerprint density at radius 1 is 1.37 bits per heavy atom. The number of ether oxygens (including phenoxy) is 1. The summed E-state index contributed by atoms with van der Waals surface area (Å²) in [5.74, 6) is 0.517. The Bertz CT molecular complexity index is 800. The number of carbonyl (C=O) groups excluding carboxylic acids is 2. The van der Waals surface area contributed by atoms with E-state index in [4.69, 9.17) is 9.26 Å². The second kappa shape index (κ2) is 8.30. The fraction of sp³-hybridized carbons (Fsp3) is 0.474. The number of nitrogens with zero attached hydrogens (tertiary/aromatic N) is 3. The van der Waals surface area contributed by atoms with E-state index >= 15 is 0 Å². The monoisotopic (exact) mass is 372 g/mol. The Labute approximate surface area is 157 Å². The van der Waals surface area contributed by atoms with Crippen LogP contribution in [0.1, 0.15) is 43.5 Å². The van der Waals surface area contributed by atoms with Crippen molar-refractivity contribution in [2.45, 2.75) is 39.3 Å². The molecule has 0 spiro atoms. The highest BCUT2D eigenvalue weighted by Gasteiger charge is 2.35. The topological polar surface area (TPSA) is 97.6 Å². The van der Waals surface area contributed by atoms with Gasteiger partial charge in [0.15, 0.2) is 5.82 Å². The van der Waals surface area contributed by atoms with Crippen LogP contribution in [0, 0.1) is 5.92 Å². The molecule has 0 aliphatic carbocycles. The average Bonchev–Trinajstić information content (AvgIpc) is 3.26. The lowest BCUT2D eigenvalue weighted by Gasteiger charge is -2.17. The zero-order chi connectivity index (χ0) is 19.4. The number of methoxy groups -OCH3 is 1. The fourth-order valence-electron chi connectivity index (χ4n) is 3.03. The lowest BCUT2D eigenvalue weighted by molar-refractivity contribution is -0.126. The molecule has 0 bridgehead atoms. The molecule has 1 saturated heterocycles. The van der Waals surface area contributed by atoms with Crippen molar-refractivity contribution in [2.24, 2.45) is 5.92 Å². The fourth-order valence-corrected chi connectivity index (χ4v) is 3.03. The summed E-state index contributed by atoms with van der Waals surface area (Å²) in [4.78, 5) is 30.5. The largest absolute Gasteiger partial charge is 0.377 e. The van der Waals surface area contributed by atoms with Crippen LogP contribution >= 0.6 is 0 Å². The van der Waals surface area contributed by atoms with Crippen LogP contribution in [0.3, 0.4) is 0 Å². The van der Waals surface area contributed by atoms with Gasteiger partial charge in [0.25, 0.3) is 0 Å². The third kappa shape index (κ3) is 4.51. The molecular formula is C19H24N4O4. The summed E-state index contributed by atoms with van der Waals surface area (Å²) in [5.41, 5.74) is 2.04. The first kappa shape index (κ1) is 19.0. The Balaban J connectivity index is 1.56. The minimum absolute atomic E-state index is 0.0485. The molecule has 1 aliphatic heterocycles. The van der Waals surface area contributed by atoms with Crippen LogP contribution < -0.4 is 10.2 Å². The molecule has 0 unspecified atom stereocenters. The van der Waals surface area contributed by atoms with Crippen molar-refractivity contribution in [3.8, 4) is 0 Å². The molecule has 8 heteroatoms. The molecule has 8 nitrogen and oxygen atoms in total. The quantitative estimate of drug-likeness (QED) is 0.798. The van der Waals surface area contributed by atoms with Gasteiger partial charge < -0.3 is 19.5 Å². The van der Waals surface area contributed by atoms with Crippen LogP contribution in [-0.2, 0) is 27.5 Å². The van der Waals surface area contributed by atoms with Crippen molar-refractivity contribution in [3.63, 3.8) is 0 Å². The summed E-state index contributed by atoms with van der Waals surface area (Å²) < 4.78 is 9.96. The third-order valence-corrected chi connectivity index (χ3v) is 4.56. The molecule has 0 saturated carbocycles. The molecule has 2 heterocycles. The Morgan fingerprint density at radius 2 is 2.11 bits per heavy atom. The summed E-state index contributed by atoms with van der Waals surface area (Å²) in [5, 5.41) is 6.50. The maximum atomic E-state index is 12.4. The van der Waals surface area contributed by atoms with E-state index in [9.17, 15) is 9.59 Å². The van der Waals surface area contributed by atoms with Crippen LogP contribution in [0.15, 0.2) is 28.8 Å². The Morgan fingerprint density at radius 3 is 2.78 bits per heavy atom. The highest BCUT2D eigenvalue weighted by atomic mass is 16.5. The van der Waals surface area contributed by atoms with Crippen LogP contribution in [0.5, 0.6) is 0 Å². The van der Waals surface area contributed by atoms with E-state index in [2.05, 4.69) is 29.3 Å². The van der Waals surface area contributed by atoms with Gasteiger partial charge in [0.2, 0.25) is 17.7 Å². The Kier molecular flexibility index (Phi) is 5.85. The first-order chi connectivity index (χ1) is 13.0. The van der Waals surface area contributed by atoms with Gasteiger partial charge in [-0.15, -0.1) is 0 Å². The molecular weight excluding hydrogens is 348 g/mol. The number of hydrogen-bond acceptors (Lipinski definition) is 6. The smallest absolute Gasteiger partial charge is 0.246 e. The van der Waals surface area contributed by atoms with Crippen LogP contribution in [0.25, 0.3) is 0 Å². The molecule has 1 atom stereocenters. The lowest BCUT2D eigenvalue weighted by Crippen LogP contribution is -2.32. The molecule has 27 heavy (non-hydrogen) atoms. The van der Waals surface area contributed by atoms with Gasteiger partial charge >= 0.3 is 0 Å². The van der Waals surface area contributed by atoms with Crippen LogP contribution in [0.2, 0.25) is 0 Å². The maximum absolute atomic E-state index is 12.4. The number of amides is 2. The first-order valence-corrected chi connectivity index (χ1v) is 8.96. The molecule has 1 aromatic carbocycles. The summed E-state index contributed by atoms with van der Waals surface area (Å²) in [6.45, 7) is 4.99.